The van der Waals surface area contributed by atoms with Crippen molar-refractivity contribution in [3.63, 3.8) is 0 Å². The normalized spacial score (nSPS) is 13.6. The van der Waals surface area contributed by atoms with Crippen LogP contribution in [0.25, 0.3) is 0 Å². The first-order valence-corrected chi connectivity index (χ1v) is 7.67. The second-order valence-corrected chi connectivity index (χ2v) is 7.23. The van der Waals surface area contributed by atoms with Crippen LogP contribution in [0, 0.1) is 0 Å². The molecule has 0 heterocycles. The predicted molar refractivity (Wildman–Crippen MR) is 87.7 cm³/mol. The van der Waals surface area contributed by atoms with Crippen molar-refractivity contribution in [2.24, 2.45) is 0 Å². The van der Waals surface area contributed by atoms with Crippen molar-refractivity contribution in [2.75, 3.05) is 104 Å². The van der Waals surface area contributed by atoms with Gasteiger partial charge in [0.25, 0.3) is 0 Å². The van der Waals surface area contributed by atoms with Crippen LogP contribution in [0.15, 0.2) is 0 Å². The number of hydrogen-bond acceptors (Lipinski definition) is 5. The van der Waals surface area contributed by atoms with Crippen LogP contribution in [-0.4, -0.2) is 117 Å². The van der Waals surface area contributed by atoms with Gasteiger partial charge in [0.1, 0.15) is 0 Å². The highest BCUT2D eigenvalue weighted by molar-refractivity contribution is 4.26. The minimum atomic E-state index is 0.573. The third-order valence-electron chi connectivity index (χ3n) is 3.57. The Labute approximate surface area is 141 Å². The molecule has 0 amide bonds. The SMILES string of the molecule is COC[N+](C)(COC)C[N+](C)(COC)C[N+](C)(COC)COC. The van der Waals surface area contributed by atoms with Crippen LogP contribution >= 0.6 is 0 Å². The van der Waals surface area contributed by atoms with Gasteiger partial charge in [0, 0.05) is 35.5 Å². The lowest BCUT2D eigenvalue weighted by molar-refractivity contribution is -1.17. The molecule has 0 radical (unpaired) electrons. The molecule has 0 unspecified atom stereocenters. The molecule has 0 aliphatic rings. The lowest BCUT2D eigenvalue weighted by Gasteiger charge is -2.45. The number of nitrogens with zero attached hydrogens (tertiary/aromatic N) is 3. The fraction of sp³-hybridized carbons (Fsp3) is 1.00. The Balaban J connectivity index is 5.27. The second kappa shape index (κ2) is 10.5. The van der Waals surface area contributed by atoms with Crippen LogP contribution in [-0.2, 0) is 23.7 Å². The Morgan fingerprint density at radius 1 is 0.435 bits per heavy atom. The molecule has 23 heavy (non-hydrogen) atoms. The number of rotatable bonds is 14. The summed E-state index contributed by atoms with van der Waals surface area (Å²) in [6.45, 7) is 4.48. The molecule has 8 heteroatoms. The van der Waals surface area contributed by atoms with Crippen LogP contribution in [0.5, 0.6) is 0 Å². The van der Waals surface area contributed by atoms with E-state index in [1.807, 2.05) is 0 Å². The third-order valence-corrected chi connectivity index (χ3v) is 3.57. The average molecular weight is 340 g/mol. The van der Waals surface area contributed by atoms with E-state index in [0.29, 0.717) is 47.1 Å². The molecule has 0 fully saturated rings. The first kappa shape index (κ1) is 22.7. The lowest BCUT2D eigenvalue weighted by atomic mass is 10.4. The molecule has 140 valence electrons. The van der Waals surface area contributed by atoms with Gasteiger partial charge in [-0.25, -0.2) is 13.4 Å². The predicted octanol–water partition coefficient (Wildman–Crippen LogP) is 0.261. The largest absolute Gasteiger partial charge is 0.335 e. The summed E-state index contributed by atoms with van der Waals surface area (Å²) in [5, 5.41) is 0. The zero-order valence-corrected chi connectivity index (χ0v) is 16.3. The van der Waals surface area contributed by atoms with Gasteiger partial charge in [-0.3, -0.25) is 0 Å². The van der Waals surface area contributed by atoms with E-state index in [1.54, 1.807) is 35.5 Å². The summed E-state index contributed by atoms with van der Waals surface area (Å²) in [6.07, 6.45) is 0. The van der Waals surface area contributed by atoms with Gasteiger partial charge >= 0.3 is 0 Å². The van der Waals surface area contributed by atoms with Crippen molar-refractivity contribution in [1.82, 2.24) is 0 Å². The van der Waals surface area contributed by atoms with E-state index in [1.165, 1.54) is 0 Å². The standard InChI is InChI=1S/C15H38N3O5/c1-16(11-19-4,9-17(2,12-20-5)13-21-6)10-18(3,14-22-7)15-23-8/h9-15H2,1-8H3/q+3. The summed E-state index contributed by atoms with van der Waals surface area (Å²) < 4.78 is 29.0. The van der Waals surface area contributed by atoms with Crippen molar-refractivity contribution >= 4 is 0 Å². The molecule has 0 saturated heterocycles. The number of methoxy groups -OCH3 is 5. The molecular weight excluding hydrogens is 302 g/mol. The van der Waals surface area contributed by atoms with Crippen molar-refractivity contribution in [2.45, 2.75) is 0 Å². The quantitative estimate of drug-likeness (QED) is 0.335. The minimum Gasteiger partial charge on any atom is -0.335 e. The molecule has 0 rings (SSSR count). The van der Waals surface area contributed by atoms with Crippen molar-refractivity contribution in [3.05, 3.63) is 0 Å². The van der Waals surface area contributed by atoms with Gasteiger partial charge in [-0.15, -0.1) is 0 Å². The topological polar surface area (TPSA) is 46.2 Å². The Morgan fingerprint density at radius 2 is 0.652 bits per heavy atom. The van der Waals surface area contributed by atoms with E-state index in [4.69, 9.17) is 23.7 Å². The molecule has 0 aliphatic heterocycles. The van der Waals surface area contributed by atoms with Crippen LogP contribution in [0.1, 0.15) is 0 Å². The monoisotopic (exact) mass is 340 g/mol. The summed E-state index contributed by atoms with van der Waals surface area (Å²) in [7, 11) is 15.0. The van der Waals surface area contributed by atoms with Crippen molar-refractivity contribution in [1.29, 1.82) is 0 Å². The van der Waals surface area contributed by atoms with Crippen LogP contribution in [0.4, 0.5) is 0 Å². The fourth-order valence-electron chi connectivity index (χ4n) is 3.57. The third kappa shape index (κ3) is 8.37. The Kier molecular flexibility index (Phi) is 10.4. The Bertz CT molecular complexity index is 281. The van der Waals surface area contributed by atoms with Gasteiger partial charge in [-0.2, -0.15) is 0 Å². The summed E-state index contributed by atoms with van der Waals surface area (Å²) in [5.41, 5.74) is 0. The first-order chi connectivity index (χ1) is 10.7. The molecule has 0 aromatic rings. The zero-order chi connectivity index (χ0) is 18.0. The van der Waals surface area contributed by atoms with Gasteiger partial charge in [0.2, 0.25) is 13.3 Å². The van der Waals surface area contributed by atoms with Crippen molar-refractivity contribution in [3.8, 4) is 0 Å². The summed E-state index contributed by atoms with van der Waals surface area (Å²) >= 11 is 0. The highest BCUT2D eigenvalue weighted by Crippen LogP contribution is 2.17. The smallest absolute Gasteiger partial charge is 0.217 e. The molecule has 0 N–H and O–H groups in total. The Hall–Kier alpha value is -0.320. The van der Waals surface area contributed by atoms with E-state index in [-0.39, 0.29) is 0 Å². The van der Waals surface area contributed by atoms with Gasteiger partial charge < -0.3 is 23.7 Å². The van der Waals surface area contributed by atoms with Crippen molar-refractivity contribution < 1.29 is 37.1 Å². The molecule has 8 nitrogen and oxygen atoms in total. The molecular formula is C15H38N3O5+3. The van der Waals surface area contributed by atoms with E-state index in [2.05, 4.69) is 21.1 Å². The van der Waals surface area contributed by atoms with Gasteiger partial charge in [0.05, 0.1) is 21.1 Å². The molecule has 0 spiro atoms. The molecule has 0 aromatic heterocycles. The molecule has 0 aliphatic carbocycles. The molecule has 0 saturated carbocycles. The maximum atomic E-state index is 5.50. The molecule has 0 atom stereocenters. The number of ether oxygens (including phenoxy) is 5. The summed E-state index contributed by atoms with van der Waals surface area (Å²) in [5.74, 6) is 0. The van der Waals surface area contributed by atoms with E-state index in [9.17, 15) is 0 Å². The van der Waals surface area contributed by atoms with E-state index >= 15 is 0 Å². The number of quaternary nitrogens is 3. The maximum Gasteiger partial charge on any atom is 0.217 e. The average Bonchev–Trinajstić information content (AvgIpc) is 2.38. The lowest BCUT2D eigenvalue weighted by Crippen LogP contribution is -2.67. The zero-order valence-electron chi connectivity index (χ0n) is 16.3. The van der Waals surface area contributed by atoms with E-state index < -0.39 is 0 Å². The van der Waals surface area contributed by atoms with Gasteiger partial charge in [-0.05, 0) is 0 Å². The van der Waals surface area contributed by atoms with Gasteiger partial charge in [-0.1, -0.05) is 0 Å². The van der Waals surface area contributed by atoms with Crippen LogP contribution in [0.2, 0.25) is 0 Å². The van der Waals surface area contributed by atoms with Crippen LogP contribution < -0.4 is 0 Å². The van der Waals surface area contributed by atoms with Crippen LogP contribution in [0.3, 0.4) is 0 Å². The number of hydrogen-bond donors (Lipinski definition) is 0. The minimum absolute atomic E-state index is 0.573. The first-order valence-electron chi connectivity index (χ1n) is 7.67. The summed E-state index contributed by atoms with van der Waals surface area (Å²) in [4.78, 5) is 0. The van der Waals surface area contributed by atoms with Gasteiger partial charge in [0.15, 0.2) is 33.7 Å². The van der Waals surface area contributed by atoms with E-state index in [0.717, 1.165) is 13.3 Å². The Morgan fingerprint density at radius 3 is 0.870 bits per heavy atom. The highest BCUT2D eigenvalue weighted by Gasteiger charge is 2.41. The summed E-state index contributed by atoms with van der Waals surface area (Å²) in [6, 6.07) is 0. The molecule has 0 bridgehead atoms. The maximum absolute atomic E-state index is 5.50. The molecule has 0 aromatic carbocycles. The fourth-order valence-corrected chi connectivity index (χ4v) is 3.57. The highest BCUT2D eigenvalue weighted by atomic mass is 16.5. The second-order valence-electron chi connectivity index (χ2n) is 7.23.